The fourth-order valence-corrected chi connectivity index (χ4v) is 2.03. The van der Waals surface area contributed by atoms with Gasteiger partial charge in [-0.15, -0.1) is 0 Å². The summed E-state index contributed by atoms with van der Waals surface area (Å²) < 4.78 is 4.90. The molecule has 6 heteroatoms. The molecule has 118 valence electrons. The molecule has 0 radical (unpaired) electrons. The Kier molecular flexibility index (Phi) is 7.71. The summed E-state index contributed by atoms with van der Waals surface area (Å²) in [7, 11) is 3.48. The Morgan fingerprint density at radius 3 is 2.86 bits per heavy atom. The molecule has 0 saturated heterocycles. The first-order valence-electron chi connectivity index (χ1n) is 7.21. The van der Waals surface area contributed by atoms with Crippen LogP contribution in [0.25, 0.3) is 0 Å². The quantitative estimate of drug-likeness (QED) is 0.656. The maximum absolute atomic E-state index is 11.8. The van der Waals surface area contributed by atoms with Crippen molar-refractivity contribution in [3.63, 3.8) is 0 Å². The first-order chi connectivity index (χ1) is 10.1. The number of carbonyl (C=O) groups excluding carboxylic acids is 1. The Labute approximate surface area is 126 Å². The van der Waals surface area contributed by atoms with Crippen LogP contribution in [0.5, 0.6) is 0 Å². The molecule has 2 N–H and O–H groups in total. The lowest BCUT2D eigenvalue weighted by atomic mass is 10.2. The Bertz CT molecular complexity index is 451. The third kappa shape index (κ3) is 6.10. The Morgan fingerprint density at radius 2 is 2.24 bits per heavy atom. The second-order valence-electron chi connectivity index (χ2n) is 4.96. The lowest BCUT2D eigenvalue weighted by Gasteiger charge is -2.20. The minimum atomic E-state index is -0.0347. The van der Waals surface area contributed by atoms with E-state index in [4.69, 9.17) is 4.74 Å². The zero-order valence-electron chi connectivity index (χ0n) is 13.4. The fraction of sp³-hybridized carbons (Fsp3) is 0.600. The maximum atomic E-state index is 11.8. The van der Waals surface area contributed by atoms with Gasteiger partial charge in [0.2, 0.25) is 5.91 Å². The third-order valence-electron chi connectivity index (χ3n) is 3.06. The van der Waals surface area contributed by atoms with E-state index in [1.807, 2.05) is 25.1 Å². The number of nitrogens with one attached hydrogen (secondary N) is 2. The Balaban J connectivity index is 2.57. The van der Waals surface area contributed by atoms with Gasteiger partial charge in [-0.2, -0.15) is 0 Å². The minimum absolute atomic E-state index is 0.0347. The molecule has 0 aliphatic carbocycles. The molecule has 0 bridgehead atoms. The Morgan fingerprint density at radius 1 is 1.48 bits per heavy atom. The summed E-state index contributed by atoms with van der Waals surface area (Å²) in [4.78, 5) is 18.1. The van der Waals surface area contributed by atoms with Gasteiger partial charge in [-0.25, -0.2) is 4.98 Å². The largest absolute Gasteiger partial charge is 0.383 e. The number of anilines is 1. The van der Waals surface area contributed by atoms with Gasteiger partial charge < -0.3 is 20.3 Å². The van der Waals surface area contributed by atoms with Crippen LogP contribution in [0.15, 0.2) is 12.3 Å². The van der Waals surface area contributed by atoms with Crippen LogP contribution in [-0.4, -0.2) is 51.3 Å². The summed E-state index contributed by atoms with van der Waals surface area (Å²) in [5, 5.41) is 6.07. The number of likely N-dealkylation sites (N-methyl/N-ethyl adjacent to an activating group) is 1. The van der Waals surface area contributed by atoms with Gasteiger partial charge in [0.05, 0.1) is 13.2 Å². The predicted molar refractivity (Wildman–Crippen MR) is 84.5 cm³/mol. The van der Waals surface area contributed by atoms with Crippen molar-refractivity contribution in [2.24, 2.45) is 0 Å². The van der Waals surface area contributed by atoms with Crippen LogP contribution in [0, 0.1) is 6.92 Å². The van der Waals surface area contributed by atoms with Crippen molar-refractivity contribution in [3.8, 4) is 0 Å². The number of aromatic nitrogens is 1. The number of pyridine rings is 1. The number of rotatable bonds is 9. The van der Waals surface area contributed by atoms with Crippen molar-refractivity contribution in [2.75, 3.05) is 45.3 Å². The number of hydrogen-bond donors (Lipinski definition) is 2. The van der Waals surface area contributed by atoms with Gasteiger partial charge >= 0.3 is 0 Å². The number of ether oxygens (including phenoxy) is 1. The molecular formula is C15H26N4O2. The molecule has 1 rings (SSSR count). The van der Waals surface area contributed by atoms with Crippen LogP contribution in [0.1, 0.15) is 18.1 Å². The number of amides is 1. The number of carbonyl (C=O) groups is 1. The number of methoxy groups -OCH3 is 1. The SMILES string of the molecule is CCNCc1cnc(N(C)CC(=O)NCCOC)c(C)c1. The highest BCUT2D eigenvalue weighted by atomic mass is 16.5. The van der Waals surface area contributed by atoms with E-state index in [1.165, 1.54) is 0 Å². The van der Waals surface area contributed by atoms with Crippen LogP contribution in [0.3, 0.4) is 0 Å². The molecule has 0 aliphatic heterocycles. The van der Waals surface area contributed by atoms with Gasteiger partial charge in [-0.1, -0.05) is 6.92 Å². The van der Waals surface area contributed by atoms with Gasteiger partial charge in [0.1, 0.15) is 5.82 Å². The van der Waals surface area contributed by atoms with E-state index < -0.39 is 0 Å². The molecule has 0 spiro atoms. The normalized spacial score (nSPS) is 10.5. The van der Waals surface area contributed by atoms with E-state index in [0.717, 1.165) is 30.0 Å². The molecule has 0 fully saturated rings. The van der Waals surface area contributed by atoms with Gasteiger partial charge in [0, 0.05) is 33.4 Å². The summed E-state index contributed by atoms with van der Waals surface area (Å²) in [5.74, 6) is 0.796. The van der Waals surface area contributed by atoms with Crippen molar-refractivity contribution in [3.05, 3.63) is 23.4 Å². The van der Waals surface area contributed by atoms with Gasteiger partial charge in [0.15, 0.2) is 0 Å². The zero-order valence-corrected chi connectivity index (χ0v) is 13.4. The monoisotopic (exact) mass is 294 g/mol. The van der Waals surface area contributed by atoms with Gasteiger partial charge in [-0.05, 0) is 30.7 Å². The van der Waals surface area contributed by atoms with E-state index in [9.17, 15) is 4.79 Å². The maximum Gasteiger partial charge on any atom is 0.239 e. The highest BCUT2D eigenvalue weighted by molar-refractivity contribution is 5.81. The highest BCUT2D eigenvalue weighted by Gasteiger charge is 2.11. The smallest absolute Gasteiger partial charge is 0.239 e. The molecule has 0 atom stereocenters. The van der Waals surface area contributed by atoms with Crippen molar-refractivity contribution in [2.45, 2.75) is 20.4 Å². The number of nitrogens with zero attached hydrogens (tertiary/aromatic N) is 2. The van der Waals surface area contributed by atoms with Crippen molar-refractivity contribution < 1.29 is 9.53 Å². The van der Waals surface area contributed by atoms with Gasteiger partial charge in [-0.3, -0.25) is 4.79 Å². The molecule has 1 heterocycles. The van der Waals surface area contributed by atoms with E-state index >= 15 is 0 Å². The summed E-state index contributed by atoms with van der Waals surface area (Å²) in [5.41, 5.74) is 2.22. The van der Waals surface area contributed by atoms with E-state index in [-0.39, 0.29) is 12.5 Å². The molecule has 1 amide bonds. The van der Waals surface area contributed by atoms with E-state index in [2.05, 4.69) is 28.6 Å². The average Bonchev–Trinajstić information content (AvgIpc) is 2.45. The second-order valence-corrected chi connectivity index (χ2v) is 4.96. The first-order valence-corrected chi connectivity index (χ1v) is 7.21. The van der Waals surface area contributed by atoms with E-state index in [0.29, 0.717) is 13.2 Å². The van der Waals surface area contributed by atoms with Crippen LogP contribution >= 0.6 is 0 Å². The van der Waals surface area contributed by atoms with Crippen LogP contribution in [0.4, 0.5) is 5.82 Å². The summed E-state index contributed by atoms with van der Waals surface area (Å²) in [6.07, 6.45) is 1.85. The van der Waals surface area contributed by atoms with E-state index in [1.54, 1.807) is 7.11 Å². The topological polar surface area (TPSA) is 66.5 Å². The van der Waals surface area contributed by atoms with Crippen molar-refractivity contribution >= 4 is 11.7 Å². The Hall–Kier alpha value is -1.66. The molecule has 0 unspecified atom stereocenters. The highest BCUT2D eigenvalue weighted by Crippen LogP contribution is 2.16. The minimum Gasteiger partial charge on any atom is -0.383 e. The van der Waals surface area contributed by atoms with Crippen LogP contribution in [0.2, 0.25) is 0 Å². The van der Waals surface area contributed by atoms with Gasteiger partial charge in [0.25, 0.3) is 0 Å². The second kappa shape index (κ2) is 9.31. The lowest BCUT2D eigenvalue weighted by Crippen LogP contribution is -2.37. The molecule has 0 aromatic carbocycles. The van der Waals surface area contributed by atoms with Crippen LogP contribution < -0.4 is 15.5 Å². The molecule has 0 aliphatic rings. The zero-order chi connectivity index (χ0) is 15.7. The lowest BCUT2D eigenvalue weighted by molar-refractivity contribution is -0.119. The fourth-order valence-electron chi connectivity index (χ4n) is 2.03. The average molecular weight is 294 g/mol. The molecule has 6 nitrogen and oxygen atoms in total. The molecule has 1 aromatic rings. The number of aryl methyl sites for hydroxylation is 1. The van der Waals surface area contributed by atoms with Crippen LogP contribution in [-0.2, 0) is 16.1 Å². The third-order valence-corrected chi connectivity index (χ3v) is 3.06. The summed E-state index contributed by atoms with van der Waals surface area (Å²) in [6, 6.07) is 2.10. The predicted octanol–water partition coefficient (Wildman–Crippen LogP) is 0.698. The molecule has 1 aromatic heterocycles. The summed E-state index contributed by atoms with van der Waals surface area (Å²) in [6.45, 7) is 7.16. The molecule has 21 heavy (non-hydrogen) atoms. The molecule has 0 saturated carbocycles. The first kappa shape index (κ1) is 17.4. The molecular weight excluding hydrogens is 268 g/mol. The van der Waals surface area contributed by atoms with Crippen molar-refractivity contribution in [1.29, 1.82) is 0 Å². The van der Waals surface area contributed by atoms with Crippen molar-refractivity contribution in [1.82, 2.24) is 15.6 Å². The standard InChI is InChI=1S/C15H26N4O2/c1-5-16-9-13-8-12(2)15(18-10-13)19(3)11-14(20)17-6-7-21-4/h8,10,16H,5-7,9,11H2,1-4H3,(H,17,20). The number of hydrogen-bond acceptors (Lipinski definition) is 5. The summed E-state index contributed by atoms with van der Waals surface area (Å²) >= 11 is 0.